The third-order valence-electron chi connectivity index (χ3n) is 7.69. The van der Waals surface area contributed by atoms with Gasteiger partial charge in [0, 0.05) is 88.4 Å². The van der Waals surface area contributed by atoms with E-state index in [1.165, 1.54) is 0 Å². The number of anilines is 1. The van der Waals surface area contributed by atoms with Gasteiger partial charge in [0.05, 0.1) is 5.76 Å². The van der Waals surface area contributed by atoms with E-state index in [9.17, 15) is 14.7 Å². The maximum atomic E-state index is 16.6. The first kappa shape index (κ1) is 27.8. The zero-order valence-electron chi connectivity index (χ0n) is 23.0. The van der Waals surface area contributed by atoms with Crippen molar-refractivity contribution in [2.45, 2.75) is 38.5 Å². The number of aliphatic hydroxyl groups excluding tert-OH is 1. The maximum Gasteiger partial charge on any atom is 0.222 e. The molecular formula is C30H33ClFN5O3. The Labute approximate surface area is 238 Å². The van der Waals surface area contributed by atoms with Gasteiger partial charge in [-0.3, -0.25) is 9.59 Å². The molecule has 0 saturated carbocycles. The number of hydrogen-bond acceptors (Lipinski definition) is 6. The summed E-state index contributed by atoms with van der Waals surface area (Å²) in [6.45, 7) is 3.69. The lowest BCUT2D eigenvalue weighted by Crippen LogP contribution is -2.48. The molecule has 2 heterocycles. The van der Waals surface area contributed by atoms with Crippen LogP contribution >= 0.6 is 11.6 Å². The number of hydrogen-bond donors (Lipinski definition) is 1. The number of amides is 2. The molecule has 40 heavy (non-hydrogen) atoms. The lowest BCUT2D eigenvalue weighted by molar-refractivity contribution is -0.129. The Hall–Kier alpha value is -3.72. The number of piperazine rings is 1. The smallest absolute Gasteiger partial charge is 0.222 e. The summed E-state index contributed by atoms with van der Waals surface area (Å²) in [6.07, 6.45) is 3.29. The number of halogens is 2. The second-order valence-corrected chi connectivity index (χ2v) is 11.0. The van der Waals surface area contributed by atoms with E-state index in [-0.39, 0.29) is 33.7 Å². The standard InChI is InChI=1S/C30H33ClFN5O3/c1-18(38)36-11-13-37(14-12-36)30-23-17-24(31)27(22-16-20(39)15-19-7-4-5-8-21(19)22)28(32)29(23)33-25(34-30)9-6-10-26(40)35(2)3/h4-5,7-8,16-17,22,39H,6,9-15H2,1-3H3/t22-/m0/s1. The van der Waals surface area contributed by atoms with Crippen molar-refractivity contribution in [1.29, 1.82) is 0 Å². The van der Waals surface area contributed by atoms with Crippen LogP contribution in [0.15, 0.2) is 42.2 Å². The average Bonchev–Trinajstić information content (AvgIpc) is 2.93. The fraction of sp³-hybridized carbons (Fsp3) is 0.400. The highest BCUT2D eigenvalue weighted by Gasteiger charge is 2.30. The van der Waals surface area contributed by atoms with E-state index in [2.05, 4.69) is 4.98 Å². The molecule has 0 bridgehead atoms. The second-order valence-electron chi connectivity index (χ2n) is 10.6. The minimum atomic E-state index is -0.569. The number of fused-ring (bicyclic) bond motifs is 2. The Morgan fingerprint density at radius 3 is 2.58 bits per heavy atom. The van der Waals surface area contributed by atoms with E-state index in [0.717, 1.165) is 11.1 Å². The van der Waals surface area contributed by atoms with Crippen molar-refractivity contribution in [2.24, 2.45) is 0 Å². The quantitative estimate of drug-likeness (QED) is 0.469. The first-order valence-corrected chi connectivity index (χ1v) is 13.9. The normalized spacial score (nSPS) is 17.0. The third-order valence-corrected chi connectivity index (χ3v) is 8.00. The molecule has 1 aliphatic carbocycles. The van der Waals surface area contributed by atoms with Crippen LogP contribution in [-0.4, -0.2) is 77.0 Å². The van der Waals surface area contributed by atoms with Gasteiger partial charge in [0.1, 0.15) is 17.2 Å². The van der Waals surface area contributed by atoms with Crippen molar-refractivity contribution in [3.05, 3.63) is 75.5 Å². The Morgan fingerprint density at radius 1 is 1.15 bits per heavy atom. The maximum absolute atomic E-state index is 16.6. The second kappa shape index (κ2) is 11.4. The molecule has 1 atom stereocenters. The first-order valence-electron chi connectivity index (χ1n) is 13.5. The summed E-state index contributed by atoms with van der Waals surface area (Å²) in [4.78, 5) is 38.8. The summed E-state index contributed by atoms with van der Waals surface area (Å²) < 4.78 is 16.6. The lowest BCUT2D eigenvalue weighted by atomic mass is 9.82. The van der Waals surface area contributed by atoms with Crippen LogP contribution in [0.2, 0.25) is 5.02 Å². The molecule has 1 N–H and O–H groups in total. The molecule has 0 radical (unpaired) electrons. The van der Waals surface area contributed by atoms with Gasteiger partial charge in [0.25, 0.3) is 0 Å². The molecule has 1 aliphatic heterocycles. The van der Waals surface area contributed by atoms with Gasteiger partial charge in [-0.05, 0) is 29.7 Å². The van der Waals surface area contributed by atoms with Crippen molar-refractivity contribution >= 4 is 40.1 Å². The van der Waals surface area contributed by atoms with Crippen LogP contribution in [0.5, 0.6) is 0 Å². The van der Waals surface area contributed by atoms with Gasteiger partial charge in [-0.25, -0.2) is 14.4 Å². The molecule has 0 spiro atoms. The minimum Gasteiger partial charge on any atom is -0.512 e. The number of aliphatic hydroxyl groups is 1. The van der Waals surface area contributed by atoms with Crippen LogP contribution in [0.3, 0.4) is 0 Å². The van der Waals surface area contributed by atoms with Crippen molar-refractivity contribution in [3.63, 3.8) is 0 Å². The summed E-state index contributed by atoms with van der Waals surface area (Å²) in [5, 5.41) is 11.2. The largest absolute Gasteiger partial charge is 0.512 e. The Kier molecular flexibility index (Phi) is 7.94. The molecule has 2 aromatic carbocycles. The van der Waals surface area contributed by atoms with Crippen LogP contribution in [-0.2, 0) is 22.4 Å². The number of allylic oxidation sites excluding steroid dienone is 2. The van der Waals surface area contributed by atoms with Crippen molar-refractivity contribution in [1.82, 2.24) is 19.8 Å². The highest BCUT2D eigenvalue weighted by molar-refractivity contribution is 6.32. The Morgan fingerprint density at radius 2 is 1.88 bits per heavy atom. The van der Waals surface area contributed by atoms with E-state index in [1.807, 2.05) is 29.2 Å². The molecule has 2 amide bonds. The lowest BCUT2D eigenvalue weighted by Gasteiger charge is -2.35. The monoisotopic (exact) mass is 565 g/mol. The van der Waals surface area contributed by atoms with Crippen LogP contribution in [0, 0.1) is 5.82 Å². The number of benzene rings is 2. The molecule has 2 aliphatic rings. The van der Waals surface area contributed by atoms with E-state index in [0.29, 0.717) is 68.9 Å². The molecule has 3 aromatic rings. The van der Waals surface area contributed by atoms with E-state index in [4.69, 9.17) is 16.6 Å². The number of carbonyl (C=O) groups excluding carboxylic acids is 2. The SMILES string of the molecule is CC(=O)N1CCN(c2nc(CCCC(=O)N(C)C)nc3c(F)c([C@H]4C=C(O)Cc5ccccc54)c(Cl)cc23)CC1. The third kappa shape index (κ3) is 5.47. The van der Waals surface area contributed by atoms with Gasteiger partial charge in [0.2, 0.25) is 11.8 Å². The van der Waals surface area contributed by atoms with Crippen LogP contribution in [0.25, 0.3) is 10.9 Å². The van der Waals surface area contributed by atoms with Crippen molar-refractivity contribution < 1.29 is 19.1 Å². The molecule has 1 fully saturated rings. The summed E-state index contributed by atoms with van der Waals surface area (Å²) in [6, 6.07) is 9.35. The Bertz CT molecular complexity index is 1500. The fourth-order valence-corrected chi connectivity index (χ4v) is 5.82. The molecule has 1 aromatic heterocycles. The topological polar surface area (TPSA) is 89.9 Å². The summed E-state index contributed by atoms with van der Waals surface area (Å²) >= 11 is 6.80. The predicted molar refractivity (Wildman–Crippen MR) is 153 cm³/mol. The van der Waals surface area contributed by atoms with Gasteiger partial charge in [-0.1, -0.05) is 35.9 Å². The summed E-state index contributed by atoms with van der Waals surface area (Å²) in [7, 11) is 3.42. The number of carbonyl (C=O) groups is 2. The first-order chi connectivity index (χ1) is 19.1. The summed E-state index contributed by atoms with van der Waals surface area (Å²) in [5.74, 6) is 0.0719. The average molecular weight is 566 g/mol. The van der Waals surface area contributed by atoms with Gasteiger partial charge in [-0.15, -0.1) is 0 Å². The predicted octanol–water partition coefficient (Wildman–Crippen LogP) is 4.63. The van der Waals surface area contributed by atoms with Crippen LogP contribution in [0.1, 0.15) is 48.2 Å². The van der Waals surface area contributed by atoms with Gasteiger partial charge < -0.3 is 19.8 Å². The molecule has 210 valence electrons. The fourth-order valence-electron chi connectivity index (χ4n) is 5.51. The van der Waals surface area contributed by atoms with E-state index < -0.39 is 11.7 Å². The van der Waals surface area contributed by atoms with Crippen molar-refractivity contribution in [3.8, 4) is 0 Å². The van der Waals surface area contributed by atoms with Gasteiger partial charge in [-0.2, -0.15) is 0 Å². The number of nitrogens with zero attached hydrogens (tertiary/aromatic N) is 5. The van der Waals surface area contributed by atoms with Crippen molar-refractivity contribution in [2.75, 3.05) is 45.2 Å². The van der Waals surface area contributed by atoms with Gasteiger partial charge in [0.15, 0.2) is 5.82 Å². The minimum absolute atomic E-state index is 0.00387. The zero-order valence-corrected chi connectivity index (χ0v) is 23.7. The molecule has 8 nitrogen and oxygen atoms in total. The van der Waals surface area contributed by atoms with E-state index in [1.54, 1.807) is 43.0 Å². The molecule has 5 rings (SSSR count). The molecule has 1 saturated heterocycles. The molecular weight excluding hydrogens is 533 g/mol. The van der Waals surface area contributed by atoms with Gasteiger partial charge >= 0.3 is 0 Å². The highest BCUT2D eigenvalue weighted by atomic mass is 35.5. The number of aromatic nitrogens is 2. The van der Waals surface area contributed by atoms with E-state index >= 15 is 4.39 Å². The number of rotatable bonds is 6. The number of aryl methyl sites for hydroxylation is 1. The van der Waals surface area contributed by atoms with Crippen LogP contribution in [0.4, 0.5) is 10.2 Å². The van der Waals surface area contributed by atoms with Crippen LogP contribution < -0.4 is 4.90 Å². The zero-order chi connectivity index (χ0) is 28.6. The highest BCUT2D eigenvalue weighted by Crippen LogP contribution is 2.42. The summed E-state index contributed by atoms with van der Waals surface area (Å²) in [5.41, 5.74) is 2.22. The molecule has 10 heteroatoms. The Balaban J connectivity index is 1.60. The molecule has 0 unspecified atom stereocenters.